The minimum Gasteiger partial charge on any atom is -0.454 e. The van der Waals surface area contributed by atoms with Crippen LogP contribution in [0.5, 0.6) is 11.5 Å². The van der Waals surface area contributed by atoms with E-state index in [2.05, 4.69) is 18.2 Å². The van der Waals surface area contributed by atoms with Gasteiger partial charge in [-0.05, 0) is 29.7 Å². The number of fused-ring (bicyclic) bond motifs is 1. The van der Waals surface area contributed by atoms with E-state index in [1.807, 2.05) is 23.1 Å². The zero-order chi connectivity index (χ0) is 16.5. The Labute approximate surface area is 145 Å². The normalized spacial score (nSPS) is 16.0. The number of carbonyl (C=O) groups is 1. The Morgan fingerprint density at radius 1 is 1.12 bits per heavy atom. The highest BCUT2D eigenvalue weighted by molar-refractivity contribution is 6.32. The van der Waals surface area contributed by atoms with Gasteiger partial charge >= 0.3 is 0 Å². The molecule has 4 nitrogen and oxygen atoms in total. The molecule has 1 amide bonds. The number of hydrogen-bond acceptors (Lipinski definition) is 3. The van der Waals surface area contributed by atoms with Crippen LogP contribution in [0.25, 0.3) is 5.57 Å². The Morgan fingerprint density at radius 2 is 1.96 bits per heavy atom. The second-order valence-corrected chi connectivity index (χ2v) is 6.20. The first-order valence-electron chi connectivity index (χ1n) is 7.85. The average molecular weight is 342 g/mol. The summed E-state index contributed by atoms with van der Waals surface area (Å²) in [6, 6.07) is 13.6. The molecule has 0 aromatic heterocycles. The third kappa shape index (κ3) is 2.74. The van der Waals surface area contributed by atoms with E-state index in [1.54, 1.807) is 12.1 Å². The molecule has 0 saturated carbocycles. The van der Waals surface area contributed by atoms with E-state index < -0.39 is 0 Å². The fraction of sp³-hybridized carbons (Fsp3) is 0.211. The molecule has 0 saturated heterocycles. The summed E-state index contributed by atoms with van der Waals surface area (Å²) in [4.78, 5) is 14.6. The molecule has 5 heteroatoms. The lowest BCUT2D eigenvalue weighted by molar-refractivity contribution is 0.0772. The van der Waals surface area contributed by atoms with E-state index in [9.17, 15) is 4.79 Å². The first-order chi connectivity index (χ1) is 11.7. The summed E-state index contributed by atoms with van der Waals surface area (Å²) in [5.74, 6) is 1.00. The Kier molecular flexibility index (Phi) is 3.90. The van der Waals surface area contributed by atoms with Gasteiger partial charge in [0, 0.05) is 18.7 Å². The zero-order valence-electron chi connectivity index (χ0n) is 13.0. The average Bonchev–Trinajstić information content (AvgIpc) is 3.11. The van der Waals surface area contributed by atoms with E-state index in [1.165, 1.54) is 11.1 Å². The number of ether oxygens (including phenoxy) is 2. The van der Waals surface area contributed by atoms with Crippen molar-refractivity contribution in [3.05, 3.63) is 64.7 Å². The number of halogens is 1. The molecule has 0 N–H and O–H groups in total. The highest BCUT2D eigenvalue weighted by atomic mass is 35.5. The van der Waals surface area contributed by atoms with Crippen molar-refractivity contribution < 1.29 is 14.3 Å². The van der Waals surface area contributed by atoms with Gasteiger partial charge in [-0.15, -0.1) is 0 Å². The summed E-state index contributed by atoms with van der Waals surface area (Å²) in [6.07, 6.45) is 2.96. The van der Waals surface area contributed by atoms with Crippen LogP contribution in [0.15, 0.2) is 48.5 Å². The van der Waals surface area contributed by atoms with Crippen LogP contribution in [0.1, 0.15) is 22.3 Å². The lowest BCUT2D eigenvalue weighted by atomic mass is 9.99. The lowest BCUT2D eigenvalue weighted by Gasteiger charge is -2.27. The lowest BCUT2D eigenvalue weighted by Crippen LogP contribution is -2.34. The van der Waals surface area contributed by atoms with Crippen molar-refractivity contribution in [1.29, 1.82) is 0 Å². The molecule has 0 unspecified atom stereocenters. The van der Waals surface area contributed by atoms with Crippen LogP contribution in [0.2, 0.25) is 5.02 Å². The molecule has 2 heterocycles. The minimum atomic E-state index is -0.0430. The van der Waals surface area contributed by atoms with Crippen molar-refractivity contribution in [2.75, 3.05) is 19.9 Å². The highest BCUT2D eigenvalue weighted by Gasteiger charge is 2.24. The molecule has 2 aliphatic rings. The second-order valence-electron chi connectivity index (χ2n) is 5.79. The fourth-order valence-corrected chi connectivity index (χ4v) is 3.31. The second kappa shape index (κ2) is 6.21. The Balaban J connectivity index is 1.53. The highest BCUT2D eigenvalue weighted by Crippen LogP contribution is 2.40. The number of benzene rings is 2. The van der Waals surface area contributed by atoms with Crippen molar-refractivity contribution in [2.24, 2.45) is 0 Å². The molecule has 0 aliphatic carbocycles. The molecule has 0 atom stereocenters. The van der Waals surface area contributed by atoms with Crippen molar-refractivity contribution in [1.82, 2.24) is 4.90 Å². The van der Waals surface area contributed by atoms with Crippen LogP contribution in [0.3, 0.4) is 0 Å². The topological polar surface area (TPSA) is 38.8 Å². The molecule has 2 aliphatic heterocycles. The maximum atomic E-state index is 12.7. The van der Waals surface area contributed by atoms with Crippen molar-refractivity contribution >= 4 is 23.1 Å². The first-order valence-corrected chi connectivity index (χ1v) is 8.23. The first kappa shape index (κ1) is 15.1. The van der Waals surface area contributed by atoms with E-state index >= 15 is 0 Å². The predicted octanol–water partition coefficient (Wildman–Crippen LogP) is 4.00. The predicted molar refractivity (Wildman–Crippen MR) is 92.5 cm³/mol. The third-order valence-electron chi connectivity index (χ3n) is 4.32. The van der Waals surface area contributed by atoms with Gasteiger partial charge in [0.2, 0.25) is 6.79 Å². The van der Waals surface area contributed by atoms with Crippen LogP contribution < -0.4 is 9.47 Å². The van der Waals surface area contributed by atoms with Gasteiger partial charge < -0.3 is 14.4 Å². The standard InChI is InChI=1S/C19H16ClNO3/c20-16-10-15(11-17-18(16)24-12-23-17)19(22)21-8-6-14(7-9-21)13-4-2-1-3-5-13/h1-6,10-11H,7-9,12H2. The van der Waals surface area contributed by atoms with Gasteiger partial charge in [-0.2, -0.15) is 0 Å². The number of rotatable bonds is 2. The van der Waals surface area contributed by atoms with E-state index in [0.717, 1.165) is 6.42 Å². The Hall–Kier alpha value is -2.46. The van der Waals surface area contributed by atoms with E-state index in [4.69, 9.17) is 21.1 Å². The van der Waals surface area contributed by atoms with Crippen molar-refractivity contribution in [2.45, 2.75) is 6.42 Å². The molecule has 4 rings (SSSR count). The number of nitrogens with zero attached hydrogens (tertiary/aromatic N) is 1. The van der Waals surface area contributed by atoms with Crippen molar-refractivity contribution in [3.63, 3.8) is 0 Å². The molecule has 0 radical (unpaired) electrons. The number of hydrogen-bond donors (Lipinski definition) is 0. The molecule has 2 aromatic carbocycles. The summed E-state index contributed by atoms with van der Waals surface area (Å²) >= 11 is 6.17. The van der Waals surface area contributed by atoms with Gasteiger partial charge in [0.05, 0.1) is 5.02 Å². The molecular formula is C19H16ClNO3. The monoisotopic (exact) mass is 341 g/mol. The van der Waals surface area contributed by atoms with Crippen LogP contribution in [-0.4, -0.2) is 30.7 Å². The van der Waals surface area contributed by atoms with E-state index in [-0.39, 0.29) is 12.7 Å². The SMILES string of the molecule is O=C(c1cc(Cl)c2c(c1)OCO2)N1CC=C(c2ccccc2)CC1. The maximum absolute atomic E-state index is 12.7. The quantitative estimate of drug-likeness (QED) is 0.828. The summed E-state index contributed by atoms with van der Waals surface area (Å²) in [7, 11) is 0. The van der Waals surface area contributed by atoms with Gasteiger partial charge in [-0.3, -0.25) is 4.79 Å². The molecule has 0 fully saturated rings. The fourth-order valence-electron chi connectivity index (χ4n) is 3.04. The minimum absolute atomic E-state index is 0.0430. The molecule has 122 valence electrons. The largest absolute Gasteiger partial charge is 0.454 e. The molecule has 24 heavy (non-hydrogen) atoms. The van der Waals surface area contributed by atoms with Gasteiger partial charge in [0.15, 0.2) is 11.5 Å². The summed E-state index contributed by atoms with van der Waals surface area (Å²) < 4.78 is 10.6. The molecular weight excluding hydrogens is 326 g/mol. The Bertz CT molecular complexity index is 817. The zero-order valence-corrected chi connectivity index (χ0v) is 13.8. The molecule has 2 aromatic rings. The van der Waals surface area contributed by atoms with E-state index in [0.29, 0.717) is 35.2 Å². The summed E-state index contributed by atoms with van der Waals surface area (Å²) in [6.45, 7) is 1.42. The number of amides is 1. The maximum Gasteiger partial charge on any atom is 0.254 e. The van der Waals surface area contributed by atoms with Gasteiger partial charge in [-0.25, -0.2) is 0 Å². The van der Waals surface area contributed by atoms with Crippen LogP contribution in [0, 0.1) is 0 Å². The van der Waals surface area contributed by atoms with Crippen molar-refractivity contribution in [3.8, 4) is 11.5 Å². The summed E-state index contributed by atoms with van der Waals surface area (Å²) in [5, 5.41) is 0.408. The van der Waals surface area contributed by atoms with Gasteiger partial charge in [0.25, 0.3) is 5.91 Å². The third-order valence-corrected chi connectivity index (χ3v) is 4.60. The molecule has 0 spiro atoms. The van der Waals surface area contributed by atoms with Gasteiger partial charge in [-0.1, -0.05) is 48.0 Å². The Morgan fingerprint density at radius 3 is 2.71 bits per heavy atom. The number of carbonyl (C=O) groups excluding carboxylic acids is 1. The molecule has 0 bridgehead atoms. The van der Waals surface area contributed by atoms with Crippen LogP contribution in [-0.2, 0) is 0 Å². The van der Waals surface area contributed by atoms with Crippen LogP contribution >= 0.6 is 11.6 Å². The smallest absolute Gasteiger partial charge is 0.254 e. The summed E-state index contributed by atoms with van der Waals surface area (Å²) in [5.41, 5.74) is 3.03. The van der Waals surface area contributed by atoms with Crippen LogP contribution in [0.4, 0.5) is 0 Å². The van der Waals surface area contributed by atoms with Gasteiger partial charge in [0.1, 0.15) is 0 Å².